The first-order valence-corrected chi connectivity index (χ1v) is 12.5. The molecule has 2 heterocycles. The summed E-state index contributed by atoms with van der Waals surface area (Å²) >= 11 is 1.13. The number of benzene rings is 1. The van der Waals surface area contributed by atoms with Crippen LogP contribution in [0.3, 0.4) is 0 Å². The third-order valence-electron chi connectivity index (χ3n) is 5.57. The number of nitrogens with two attached hydrogens (primary N) is 1. The predicted molar refractivity (Wildman–Crippen MR) is 126 cm³/mol. The van der Waals surface area contributed by atoms with Gasteiger partial charge in [-0.3, -0.25) is 0 Å². The summed E-state index contributed by atoms with van der Waals surface area (Å²) in [6.07, 6.45) is 1.98. The average Bonchev–Trinajstić information content (AvgIpc) is 3.30. The fourth-order valence-corrected chi connectivity index (χ4v) is 6.01. The zero-order valence-electron chi connectivity index (χ0n) is 18.2. The summed E-state index contributed by atoms with van der Waals surface area (Å²) in [6, 6.07) is 12.7. The number of primary sulfonamides is 1. The number of aryl methyl sites for hydroxylation is 1. The van der Waals surface area contributed by atoms with Gasteiger partial charge in [-0.1, -0.05) is 29.5 Å². The topological polar surface area (TPSA) is 92.4 Å². The second-order valence-electron chi connectivity index (χ2n) is 8.33. The van der Waals surface area contributed by atoms with Crippen molar-refractivity contribution in [2.75, 3.05) is 37.5 Å². The van der Waals surface area contributed by atoms with Gasteiger partial charge in [0.25, 0.3) is 0 Å². The Morgan fingerprint density at radius 3 is 2.52 bits per heavy atom. The number of rotatable bonds is 6. The molecule has 2 N–H and O–H groups in total. The summed E-state index contributed by atoms with van der Waals surface area (Å²) in [7, 11) is 2.20. The van der Waals surface area contributed by atoms with E-state index in [1.807, 2.05) is 49.1 Å². The van der Waals surface area contributed by atoms with Crippen LogP contribution in [-0.4, -0.2) is 46.1 Å². The van der Waals surface area contributed by atoms with Crippen LogP contribution in [0.4, 0.5) is 10.9 Å². The van der Waals surface area contributed by atoms with Gasteiger partial charge in [0.15, 0.2) is 9.34 Å². The van der Waals surface area contributed by atoms with Gasteiger partial charge >= 0.3 is 0 Å². The van der Waals surface area contributed by atoms with E-state index >= 15 is 0 Å². The fourth-order valence-electron chi connectivity index (χ4n) is 4.09. The van der Waals surface area contributed by atoms with E-state index in [2.05, 4.69) is 23.2 Å². The van der Waals surface area contributed by atoms with Crippen LogP contribution in [0.5, 0.6) is 0 Å². The Balaban J connectivity index is 1.49. The van der Waals surface area contributed by atoms with Crippen molar-refractivity contribution in [1.82, 2.24) is 9.97 Å². The molecular weight excluding hydrogens is 430 g/mol. The summed E-state index contributed by atoms with van der Waals surface area (Å²) in [4.78, 5) is 13.2. The lowest BCUT2D eigenvalue weighted by Gasteiger charge is -2.20. The molecule has 9 heteroatoms. The van der Waals surface area contributed by atoms with Crippen LogP contribution >= 0.6 is 11.3 Å². The molecule has 2 aromatic heterocycles. The zero-order chi connectivity index (χ0) is 22.3. The average molecular weight is 458 g/mol. The largest absolute Gasteiger partial charge is 0.363 e. The normalized spacial score (nSPS) is 15.7. The van der Waals surface area contributed by atoms with Crippen molar-refractivity contribution in [3.05, 3.63) is 53.2 Å². The lowest BCUT2D eigenvalue weighted by molar-refractivity contribution is 0.558. The second-order valence-corrected chi connectivity index (χ2v) is 11.1. The molecule has 7 nitrogen and oxygen atoms in total. The third-order valence-corrected chi connectivity index (χ3v) is 8.40. The summed E-state index contributed by atoms with van der Waals surface area (Å²) in [5, 5.41) is 5.98. The molecule has 1 aliphatic carbocycles. The highest BCUT2D eigenvalue weighted by molar-refractivity contribution is 7.91. The van der Waals surface area contributed by atoms with Crippen LogP contribution < -0.4 is 14.9 Å². The number of hydrogen-bond donors (Lipinski definition) is 1. The van der Waals surface area contributed by atoms with Crippen molar-refractivity contribution in [3.8, 4) is 11.3 Å². The highest BCUT2D eigenvalue weighted by atomic mass is 32.2. The number of nitrogens with zero attached hydrogens (tertiary/aromatic N) is 4. The first-order chi connectivity index (χ1) is 14.6. The van der Waals surface area contributed by atoms with Gasteiger partial charge < -0.3 is 9.80 Å². The molecule has 1 aromatic carbocycles. The predicted octanol–water partition coefficient (Wildman–Crippen LogP) is 3.08. The molecule has 4 rings (SSSR count). The van der Waals surface area contributed by atoms with Gasteiger partial charge in [-0.05, 0) is 55.0 Å². The lowest BCUT2D eigenvalue weighted by atomic mass is 10.0. The second kappa shape index (κ2) is 8.22. The lowest BCUT2D eigenvalue weighted by Crippen LogP contribution is -2.25. The number of fused-ring (bicyclic) bond motifs is 1. The number of pyridine rings is 1. The molecule has 0 saturated carbocycles. The van der Waals surface area contributed by atoms with E-state index in [1.165, 1.54) is 11.1 Å². The molecule has 31 heavy (non-hydrogen) atoms. The van der Waals surface area contributed by atoms with E-state index in [4.69, 9.17) is 10.1 Å². The molecule has 0 radical (unpaired) electrons. The summed E-state index contributed by atoms with van der Waals surface area (Å²) in [5.41, 5.74) is 5.29. The maximum atomic E-state index is 11.7. The fraction of sp³-hybridized carbons (Fsp3) is 0.364. The van der Waals surface area contributed by atoms with Crippen LogP contribution in [0.25, 0.3) is 11.3 Å². The van der Waals surface area contributed by atoms with E-state index < -0.39 is 10.0 Å². The molecule has 1 atom stereocenters. The quantitative estimate of drug-likeness (QED) is 0.612. The Labute approximate surface area is 187 Å². The van der Waals surface area contributed by atoms with E-state index in [0.29, 0.717) is 16.7 Å². The van der Waals surface area contributed by atoms with E-state index in [9.17, 15) is 8.42 Å². The van der Waals surface area contributed by atoms with E-state index in [0.717, 1.165) is 47.8 Å². The molecule has 0 fully saturated rings. The summed E-state index contributed by atoms with van der Waals surface area (Å²) < 4.78 is 23.6. The number of sulfonamides is 1. The SMILES string of the molecule is Cc1nc(N(C)C[C@@H]2Cc3ccc(-c4cccc(N(C)C)n4)cc3C2)sc1S(N)(=O)=O. The highest BCUT2D eigenvalue weighted by Gasteiger charge is 2.25. The summed E-state index contributed by atoms with van der Waals surface area (Å²) in [5.74, 6) is 1.38. The van der Waals surface area contributed by atoms with Gasteiger partial charge in [0.05, 0.1) is 11.4 Å². The van der Waals surface area contributed by atoms with E-state index in [1.54, 1.807) is 6.92 Å². The maximum Gasteiger partial charge on any atom is 0.249 e. The van der Waals surface area contributed by atoms with Crippen LogP contribution in [0.1, 0.15) is 16.8 Å². The van der Waals surface area contributed by atoms with Crippen molar-refractivity contribution >= 4 is 32.3 Å². The molecule has 0 saturated heterocycles. The highest BCUT2D eigenvalue weighted by Crippen LogP contribution is 2.33. The van der Waals surface area contributed by atoms with Crippen molar-refractivity contribution in [3.63, 3.8) is 0 Å². The molecule has 3 aromatic rings. The van der Waals surface area contributed by atoms with Gasteiger partial charge in [0.2, 0.25) is 10.0 Å². The summed E-state index contributed by atoms with van der Waals surface area (Å²) in [6.45, 7) is 2.48. The monoisotopic (exact) mass is 457 g/mol. The van der Waals surface area contributed by atoms with Crippen LogP contribution in [0.15, 0.2) is 40.6 Å². The van der Waals surface area contributed by atoms with Gasteiger partial charge in [0.1, 0.15) is 5.82 Å². The number of thiazole rings is 1. The Hall–Kier alpha value is -2.49. The van der Waals surface area contributed by atoms with Crippen molar-refractivity contribution in [1.29, 1.82) is 0 Å². The van der Waals surface area contributed by atoms with Gasteiger partial charge in [-0.15, -0.1) is 0 Å². The van der Waals surface area contributed by atoms with Gasteiger partial charge in [-0.2, -0.15) is 0 Å². The Bertz CT molecular complexity index is 1220. The zero-order valence-corrected chi connectivity index (χ0v) is 19.8. The van der Waals surface area contributed by atoms with Crippen molar-refractivity contribution in [2.45, 2.75) is 24.0 Å². The third kappa shape index (κ3) is 4.58. The first-order valence-electron chi connectivity index (χ1n) is 10.1. The van der Waals surface area contributed by atoms with Crippen LogP contribution in [-0.2, 0) is 22.9 Å². The van der Waals surface area contributed by atoms with Gasteiger partial charge in [-0.25, -0.2) is 23.5 Å². The minimum atomic E-state index is -3.74. The molecular formula is C22H27N5O2S2. The molecule has 0 unspecified atom stereocenters. The smallest absolute Gasteiger partial charge is 0.249 e. The Morgan fingerprint density at radius 2 is 1.84 bits per heavy atom. The molecule has 0 spiro atoms. The molecule has 1 aliphatic rings. The number of aromatic nitrogens is 2. The Morgan fingerprint density at radius 1 is 1.10 bits per heavy atom. The molecule has 0 aliphatic heterocycles. The minimum absolute atomic E-state index is 0.140. The first kappa shape index (κ1) is 21.7. The molecule has 164 valence electrons. The standard InChI is InChI=1S/C22H27N5O2S2/c1-14-21(31(23,28)29)30-22(24-14)27(4)13-15-10-16-8-9-17(12-18(16)11-15)19-6-5-7-20(25-19)26(2)3/h5-9,12,15H,10-11,13H2,1-4H3,(H2,23,28,29)/t15-/m1/s1. The molecule has 0 bridgehead atoms. The van der Waals surface area contributed by atoms with Crippen LogP contribution in [0.2, 0.25) is 0 Å². The van der Waals surface area contributed by atoms with Crippen molar-refractivity contribution in [2.24, 2.45) is 11.1 Å². The number of hydrogen-bond acceptors (Lipinski definition) is 7. The van der Waals surface area contributed by atoms with Crippen LogP contribution in [0, 0.1) is 12.8 Å². The van der Waals surface area contributed by atoms with Crippen molar-refractivity contribution < 1.29 is 8.42 Å². The van der Waals surface area contributed by atoms with Gasteiger partial charge in [0, 0.05) is 33.3 Å². The number of anilines is 2. The Kier molecular flexibility index (Phi) is 5.76. The minimum Gasteiger partial charge on any atom is -0.363 e. The maximum absolute atomic E-state index is 11.7. The molecule has 0 amide bonds. The van der Waals surface area contributed by atoms with E-state index in [-0.39, 0.29) is 4.21 Å².